The van der Waals surface area contributed by atoms with Gasteiger partial charge in [0.25, 0.3) is 5.56 Å². The molecule has 0 atom stereocenters. The zero-order chi connectivity index (χ0) is 25.8. The van der Waals surface area contributed by atoms with Crippen molar-refractivity contribution in [2.45, 2.75) is 97.8 Å². The van der Waals surface area contributed by atoms with Crippen LogP contribution in [0, 0.1) is 0 Å². The fourth-order valence-corrected chi connectivity index (χ4v) is 4.16. The summed E-state index contributed by atoms with van der Waals surface area (Å²) in [5.74, 6) is 0.228. The largest absolute Gasteiger partial charge is 0.476 e. The monoisotopic (exact) mass is 551 g/mol. The normalized spacial score (nSPS) is 11.5. The summed E-state index contributed by atoms with van der Waals surface area (Å²) in [5.41, 5.74) is -0.867. The number of ether oxygens (including phenoxy) is 2. The fourth-order valence-electron chi connectivity index (χ4n) is 3.75. The van der Waals surface area contributed by atoms with E-state index in [9.17, 15) is 14.4 Å². The molecule has 0 aliphatic heterocycles. The molecule has 0 fully saturated rings. The molecule has 0 unspecified atom stereocenters. The van der Waals surface area contributed by atoms with Crippen LogP contribution >= 0.6 is 15.9 Å². The second kappa shape index (κ2) is 14.2. The first-order valence-electron chi connectivity index (χ1n) is 12.5. The van der Waals surface area contributed by atoms with Crippen LogP contribution in [0.5, 0.6) is 5.75 Å². The molecule has 0 aliphatic rings. The van der Waals surface area contributed by atoms with Crippen LogP contribution in [0.3, 0.4) is 0 Å². The Morgan fingerprint density at radius 3 is 2.40 bits per heavy atom. The lowest BCUT2D eigenvalue weighted by atomic mass is 10.1. The summed E-state index contributed by atoms with van der Waals surface area (Å²) in [6.45, 7) is 8.41. The standard InChI is InChI=1S/C26H38BrN3O5/c1-5-7-8-9-13-18-29-23(31)22(27)28-30(25(29)33)19-14-12-16-20-15-10-11-17-21(20)35-26(3,4)24(32)34-6-2/h10-11,15,17H,5-9,12-14,16,18-19H2,1-4H3. The Kier molecular flexibility index (Phi) is 11.7. The summed E-state index contributed by atoms with van der Waals surface area (Å²) in [6, 6.07) is 7.61. The molecule has 2 aromatic rings. The molecule has 194 valence electrons. The number of unbranched alkanes of at least 4 members (excludes halogenated alkanes) is 5. The van der Waals surface area contributed by atoms with Gasteiger partial charge in [-0.2, -0.15) is 5.10 Å². The van der Waals surface area contributed by atoms with Gasteiger partial charge >= 0.3 is 11.7 Å². The van der Waals surface area contributed by atoms with Gasteiger partial charge in [-0.25, -0.2) is 14.3 Å². The highest BCUT2D eigenvalue weighted by Gasteiger charge is 2.32. The molecule has 0 amide bonds. The van der Waals surface area contributed by atoms with E-state index in [0.29, 0.717) is 38.3 Å². The van der Waals surface area contributed by atoms with Crippen molar-refractivity contribution < 1.29 is 14.3 Å². The number of benzene rings is 1. The number of carbonyl (C=O) groups excluding carboxylic acids is 1. The molecule has 0 bridgehead atoms. The number of carbonyl (C=O) groups is 1. The SMILES string of the molecule is CCCCCCCn1c(=O)c(Br)nn(CCCCc2ccccc2OC(C)(C)C(=O)OCC)c1=O. The molecular formula is C26H38BrN3O5. The Morgan fingerprint density at radius 2 is 1.69 bits per heavy atom. The lowest BCUT2D eigenvalue weighted by molar-refractivity contribution is -0.158. The predicted molar refractivity (Wildman–Crippen MR) is 140 cm³/mol. The predicted octanol–water partition coefficient (Wildman–Crippen LogP) is 4.88. The van der Waals surface area contributed by atoms with Crippen LogP contribution in [0.15, 0.2) is 38.5 Å². The summed E-state index contributed by atoms with van der Waals surface area (Å²) < 4.78 is 13.9. The number of halogens is 1. The van der Waals surface area contributed by atoms with Crippen molar-refractivity contribution in [2.24, 2.45) is 0 Å². The Hall–Kier alpha value is -2.42. The van der Waals surface area contributed by atoms with Crippen LogP contribution in [-0.2, 0) is 29.0 Å². The summed E-state index contributed by atoms with van der Waals surface area (Å²) in [4.78, 5) is 37.4. The van der Waals surface area contributed by atoms with Crippen LogP contribution < -0.4 is 16.0 Å². The van der Waals surface area contributed by atoms with Gasteiger partial charge in [-0.1, -0.05) is 50.8 Å². The first-order chi connectivity index (χ1) is 16.7. The molecule has 0 saturated heterocycles. The maximum Gasteiger partial charge on any atom is 0.349 e. The van der Waals surface area contributed by atoms with E-state index < -0.39 is 11.6 Å². The summed E-state index contributed by atoms with van der Waals surface area (Å²) in [7, 11) is 0. The quantitative estimate of drug-likeness (QED) is 0.231. The zero-order valence-corrected chi connectivity index (χ0v) is 22.9. The summed E-state index contributed by atoms with van der Waals surface area (Å²) in [5, 5.41) is 4.15. The van der Waals surface area contributed by atoms with Crippen molar-refractivity contribution in [2.75, 3.05) is 6.61 Å². The lowest BCUT2D eigenvalue weighted by Gasteiger charge is -2.25. The van der Waals surface area contributed by atoms with Crippen LogP contribution in [-0.4, -0.2) is 32.5 Å². The second-order valence-corrected chi connectivity index (χ2v) is 9.82. The summed E-state index contributed by atoms with van der Waals surface area (Å²) >= 11 is 3.21. The van der Waals surface area contributed by atoms with E-state index in [-0.39, 0.29) is 15.9 Å². The lowest BCUT2D eigenvalue weighted by Crippen LogP contribution is -2.42. The van der Waals surface area contributed by atoms with Crippen LogP contribution in [0.2, 0.25) is 0 Å². The Labute approximate surface area is 215 Å². The van der Waals surface area contributed by atoms with E-state index in [0.717, 1.165) is 44.1 Å². The third-order valence-corrected chi connectivity index (χ3v) is 6.24. The highest BCUT2D eigenvalue weighted by molar-refractivity contribution is 9.10. The molecule has 0 spiro atoms. The Bertz CT molecular complexity index is 1080. The van der Waals surface area contributed by atoms with Crippen molar-refractivity contribution >= 4 is 21.9 Å². The Morgan fingerprint density at radius 1 is 1.00 bits per heavy atom. The van der Waals surface area contributed by atoms with Gasteiger partial charge in [0.2, 0.25) is 0 Å². The third kappa shape index (κ3) is 8.63. The van der Waals surface area contributed by atoms with Gasteiger partial charge in [0.05, 0.1) is 6.61 Å². The Balaban J connectivity index is 1.99. The highest BCUT2D eigenvalue weighted by Crippen LogP contribution is 2.25. The third-order valence-electron chi connectivity index (χ3n) is 5.74. The maximum absolute atomic E-state index is 12.8. The molecule has 0 aliphatic carbocycles. The van der Waals surface area contributed by atoms with Crippen LogP contribution in [0.1, 0.15) is 78.2 Å². The smallest absolute Gasteiger partial charge is 0.349 e. The minimum Gasteiger partial charge on any atom is -0.476 e. The molecule has 1 heterocycles. The molecule has 1 aromatic heterocycles. The number of para-hydroxylation sites is 1. The molecule has 9 heteroatoms. The zero-order valence-electron chi connectivity index (χ0n) is 21.3. The molecule has 8 nitrogen and oxygen atoms in total. The van der Waals surface area contributed by atoms with Gasteiger partial charge in [0.1, 0.15) is 5.75 Å². The van der Waals surface area contributed by atoms with Crippen molar-refractivity contribution in [3.63, 3.8) is 0 Å². The number of aromatic nitrogens is 3. The number of hydrogen-bond donors (Lipinski definition) is 0. The van der Waals surface area contributed by atoms with Crippen molar-refractivity contribution in [3.05, 3.63) is 55.3 Å². The van der Waals surface area contributed by atoms with E-state index in [2.05, 4.69) is 28.0 Å². The van der Waals surface area contributed by atoms with Crippen LogP contribution in [0.4, 0.5) is 0 Å². The molecule has 0 radical (unpaired) electrons. The molecule has 0 saturated carbocycles. The van der Waals surface area contributed by atoms with Gasteiger partial charge in [-0.3, -0.25) is 9.36 Å². The van der Waals surface area contributed by atoms with E-state index in [1.165, 1.54) is 9.25 Å². The van der Waals surface area contributed by atoms with Crippen LogP contribution in [0.25, 0.3) is 0 Å². The van der Waals surface area contributed by atoms with Crippen molar-refractivity contribution in [1.82, 2.24) is 14.3 Å². The first kappa shape index (κ1) is 28.8. The number of nitrogens with zero attached hydrogens (tertiary/aromatic N) is 3. The highest BCUT2D eigenvalue weighted by atomic mass is 79.9. The first-order valence-corrected chi connectivity index (χ1v) is 13.3. The second-order valence-electron chi connectivity index (χ2n) is 9.07. The number of rotatable bonds is 15. The van der Waals surface area contributed by atoms with E-state index in [4.69, 9.17) is 9.47 Å². The maximum atomic E-state index is 12.8. The van der Waals surface area contributed by atoms with E-state index in [1.54, 1.807) is 20.8 Å². The van der Waals surface area contributed by atoms with E-state index >= 15 is 0 Å². The molecular weight excluding hydrogens is 514 g/mol. The number of hydrogen-bond acceptors (Lipinski definition) is 6. The van der Waals surface area contributed by atoms with Gasteiger partial charge in [0, 0.05) is 13.1 Å². The minimum absolute atomic E-state index is 0.158. The van der Waals surface area contributed by atoms with Gasteiger partial charge < -0.3 is 9.47 Å². The van der Waals surface area contributed by atoms with E-state index in [1.807, 2.05) is 24.3 Å². The van der Waals surface area contributed by atoms with Gasteiger partial charge in [0.15, 0.2) is 10.2 Å². The van der Waals surface area contributed by atoms with Crippen molar-refractivity contribution in [1.29, 1.82) is 0 Å². The topological polar surface area (TPSA) is 92.4 Å². The van der Waals surface area contributed by atoms with Crippen molar-refractivity contribution in [3.8, 4) is 5.75 Å². The van der Waals surface area contributed by atoms with Gasteiger partial charge in [-0.05, 0) is 74.0 Å². The van der Waals surface area contributed by atoms with Gasteiger partial charge in [-0.15, -0.1) is 0 Å². The average molecular weight is 553 g/mol. The molecule has 1 aromatic carbocycles. The fraction of sp³-hybridized carbons (Fsp3) is 0.615. The summed E-state index contributed by atoms with van der Waals surface area (Å²) in [6.07, 6.45) is 7.39. The number of aryl methyl sites for hydroxylation is 2. The molecule has 0 N–H and O–H groups in total. The number of esters is 1. The average Bonchev–Trinajstić information content (AvgIpc) is 2.82. The minimum atomic E-state index is -1.10. The molecule has 2 rings (SSSR count). The molecule has 35 heavy (non-hydrogen) atoms.